The van der Waals surface area contributed by atoms with E-state index >= 15 is 0 Å². The molecule has 0 bridgehead atoms. The molecule has 0 saturated carbocycles. The van der Waals surface area contributed by atoms with E-state index in [1.807, 2.05) is 12.1 Å². The van der Waals surface area contributed by atoms with E-state index in [1.165, 1.54) is 17.3 Å². The lowest BCUT2D eigenvalue weighted by atomic mass is 9.87. The van der Waals surface area contributed by atoms with Crippen LogP contribution in [0.15, 0.2) is 60.0 Å². The number of hydrogen-bond donors (Lipinski definition) is 0. The van der Waals surface area contributed by atoms with E-state index < -0.39 is 15.1 Å². The molecule has 2 aromatic carbocycles. The quantitative estimate of drug-likeness (QED) is 0.556. The maximum atomic E-state index is 13.5. The van der Waals surface area contributed by atoms with Crippen LogP contribution in [0.25, 0.3) is 0 Å². The van der Waals surface area contributed by atoms with Crippen LogP contribution in [0.3, 0.4) is 0 Å². The monoisotopic (exact) mass is 437 g/mol. The molecule has 0 aliphatic heterocycles. The first-order valence-electron chi connectivity index (χ1n) is 8.71. The summed E-state index contributed by atoms with van der Waals surface area (Å²) >= 11 is 12.3. The van der Waals surface area contributed by atoms with Crippen molar-refractivity contribution in [1.29, 1.82) is 0 Å². The van der Waals surface area contributed by atoms with E-state index in [9.17, 15) is 8.42 Å². The van der Waals surface area contributed by atoms with Gasteiger partial charge in [-0.05, 0) is 40.8 Å². The largest absolute Gasteiger partial charge is 0.251 e. The molecule has 0 aliphatic carbocycles. The van der Waals surface area contributed by atoms with E-state index in [0.29, 0.717) is 15.6 Å². The SMILES string of the molecule is CC(C)(C)c1ccc(S(=O)(=O)C(Cn2cncn2)c2ccc(Cl)cc2Cl)cc1. The summed E-state index contributed by atoms with van der Waals surface area (Å²) in [6.45, 7) is 6.33. The van der Waals surface area contributed by atoms with Crippen LogP contribution in [0.4, 0.5) is 0 Å². The van der Waals surface area contributed by atoms with Crippen LogP contribution < -0.4 is 0 Å². The van der Waals surface area contributed by atoms with Gasteiger partial charge >= 0.3 is 0 Å². The highest BCUT2D eigenvalue weighted by atomic mass is 35.5. The van der Waals surface area contributed by atoms with Crippen molar-refractivity contribution in [3.8, 4) is 0 Å². The zero-order valence-electron chi connectivity index (χ0n) is 15.8. The van der Waals surface area contributed by atoms with Gasteiger partial charge in [0.25, 0.3) is 0 Å². The molecular formula is C20H21Cl2N3O2S. The van der Waals surface area contributed by atoms with Crippen molar-refractivity contribution in [2.24, 2.45) is 0 Å². The highest BCUT2D eigenvalue weighted by Gasteiger charge is 2.32. The van der Waals surface area contributed by atoms with Crippen LogP contribution in [-0.2, 0) is 21.8 Å². The Morgan fingerprint density at radius 1 is 1.07 bits per heavy atom. The molecule has 0 radical (unpaired) electrons. The van der Waals surface area contributed by atoms with E-state index in [4.69, 9.17) is 23.2 Å². The lowest BCUT2D eigenvalue weighted by Gasteiger charge is -2.22. The molecule has 0 spiro atoms. The van der Waals surface area contributed by atoms with Crippen LogP contribution in [0, 0.1) is 0 Å². The highest BCUT2D eigenvalue weighted by Crippen LogP contribution is 2.36. The lowest BCUT2D eigenvalue weighted by Crippen LogP contribution is -2.20. The molecule has 148 valence electrons. The number of aromatic nitrogens is 3. The van der Waals surface area contributed by atoms with Crippen molar-refractivity contribution in [3.63, 3.8) is 0 Å². The van der Waals surface area contributed by atoms with Gasteiger partial charge in [0.2, 0.25) is 0 Å². The zero-order chi connectivity index (χ0) is 20.5. The first-order valence-corrected chi connectivity index (χ1v) is 11.0. The summed E-state index contributed by atoms with van der Waals surface area (Å²) in [7, 11) is -3.74. The van der Waals surface area contributed by atoms with Gasteiger partial charge in [-0.2, -0.15) is 5.10 Å². The van der Waals surface area contributed by atoms with Crippen LogP contribution in [-0.4, -0.2) is 23.2 Å². The van der Waals surface area contributed by atoms with Gasteiger partial charge in [-0.3, -0.25) is 4.68 Å². The Balaban J connectivity index is 2.08. The third kappa shape index (κ3) is 4.40. The highest BCUT2D eigenvalue weighted by molar-refractivity contribution is 7.91. The number of rotatable bonds is 5. The number of nitrogens with zero attached hydrogens (tertiary/aromatic N) is 3. The Kier molecular flexibility index (Phi) is 5.84. The summed E-state index contributed by atoms with van der Waals surface area (Å²) in [5, 5.41) is 3.87. The summed E-state index contributed by atoms with van der Waals surface area (Å²) in [5.74, 6) is 0. The Bertz CT molecular complexity index is 1060. The second-order valence-corrected chi connectivity index (χ2v) is 10.6. The first-order chi connectivity index (χ1) is 13.1. The zero-order valence-corrected chi connectivity index (χ0v) is 18.1. The minimum atomic E-state index is -3.74. The second-order valence-electron chi connectivity index (χ2n) is 7.59. The molecule has 3 rings (SSSR count). The topological polar surface area (TPSA) is 64.8 Å². The minimum absolute atomic E-state index is 0.0675. The number of halogens is 2. The molecule has 28 heavy (non-hydrogen) atoms. The molecule has 1 atom stereocenters. The van der Waals surface area contributed by atoms with Gasteiger partial charge in [-0.15, -0.1) is 0 Å². The van der Waals surface area contributed by atoms with E-state index in [-0.39, 0.29) is 16.9 Å². The maximum Gasteiger partial charge on any atom is 0.187 e. The van der Waals surface area contributed by atoms with Gasteiger partial charge in [0.15, 0.2) is 9.84 Å². The Hall–Kier alpha value is -1.89. The number of sulfone groups is 1. The molecule has 0 amide bonds. The van der Waals surface area contributed by atoms with Crippen molar-refractivity contribution < 1.29 is 8.42 Å². The Morgan fingerprint density at radius 2 is 1.75 bits per heavy atom. The normalized spacial score (nSPS) is 13.5. The Morgan fingerprint density at radius 3 is 2.29 bits per heavy atom. The summed E-state index contributed by atoms with van der Waals surface area (Å²) in [6.07, 6.45) is 2.85. The van der Waals surface area contributed by atoms with Gasteiger partial charge in [0, 0.05) is 10.0 Å². The van der Waals surface area contributed by atoms with Gasteiger partial charge in [0.05, 0.1) is 11.4 Å². The average Bonchev–Trinajstić information content (AvgIpc) is 3.13. The Labute approximate surface area is 175 Å². The number of hydrogen-bond acceptors (Lipinski definition) is 4. The second kappa shape index (κ2) is 7.85. The van der Waals surface area contributed by atoms with E-state index in [0.717, 1.165) is 5.56 Å². The van der Waals surface area contributed by atoms with Crippen molar-refractivity contribution in [1.82, 2.24) is 14.8 Å². The molecular weight excluding hydrogens is 417 g/mol. The average molecular weight is 438 g/mol. The molecule has 3 aromatic rings. The van der Waals surface area contributed by atoms with Crippen molar-refractivity contribution in [2.45, 2.75) is 42.9 Å². The predicted octanol–water partition coefficient (Wildman–Crippen LogP) is 5.10. The van der Waals surface area contributed by atoms with Gasteiger partial charge in [-0.25, -0.2) is 13.4 Å². The van der Waals surface area contributed by atoms with Crippen LogP contribution in [0.5, 0.6) is 0 Å². The molecule has 1 aromatic heterocycles. The molecule has 1 heterocycles. The summed E-state index contributed by atoms with van der Waals surface area (Å²) in [4.78, 5) is 4.13. The molecule has 0 N–H and O–H groups in total. The molecule has 8 heteroatoms. The fourth-order valence-electron chi connectivity index (χ4n) is 2.93. The lowest BCUT2D eigenvalue weighted by molar-refractivity contribution is 0.542. The van der Waals surface area contributed by atoms with Crippen LogP contribution in [0.2, 0.25) is 10.0 Å². The molecule has 0 aliphatic rings. The first kappa shape index (κ1) is 20.8. The maximum absolute atomic E-state index is 13.5. The minimum Gasteiger partial charge on any atom is -0.251 e. The fourth-order valence-corrected chi connectivity index (χ4v) is 5.27. The van der Waals surface area contributed by atoms with Gasteiger partial charge < -0.3 is 0 Å². The third-order valence-corrected chi connectivity index (χ3v) is 7.20. The van der Waals surface area contributed by atoms with Crippen LogP contribution >= 0.6 is 23.2 Å². The molecule has 5 nitrogen and oxygen atoms in total. The van der Waals surface area contributed by atoms with E-state index in [1.54, 1.807) is 30.3 Å². The van der Waals surface area contributed by atoms with Gasteiger partial charge in [0.1, 0.15) is 17.9 Å². The van der Waals surface area contributed by atoms with Crippen molar-refractivity contribution in [3.05, 3.63) is 76.3 Å². The molecule has 0 fully saturated rings. The van der Waals surface area contributed by atoms with E-state index in [2.05, 4.69) is 30.9 Å². The molecule has 1 unspecified atom stereocenters. The van der Waals surface area contributed by atoms with Crippen molar-refractivity contribution >= 4 is 33.0 Å². The summed E-state index contributed by atoms with van der Waals surface area (Å²) < 4.78 is 28.5. The number of benzene rings is 2. The summed E-state index contributed by atoms with van der Waals surface area (Å²) in [6, 6.07) is 11.8. The summed E-state index contributed by atoms with van der Waals surface area (Å²) in [5.41, 5.74) is 1.47. The third-order valence-electron chi connectivity index (χ3n) is 4.55. The standard InChI is InChI=1S/C20H21Cl2N3O2S/c1-20(2,3)14-4-7-16(8-5-14)28(26,27)19(11-25-13-23-12-24-25)17-9-6-15(21)10-18(17)22/h4-10,12-13,19H,11H2,1-3H3. The van der Waals surface area contributed by atoms with Crippen LogP contribution in [0.1, 0.15) is 37.1 Å². The van der Waals surface area contributed by atoms with Crippen molar-refractivity contribution in [2.75, 3.05) is 0 Å². The predicted molar refractivity (Wildman–Crippen MR) is 112 cm³/mol. The molecule has 0 saturated heterocycles. The fraction of sp³-hybridized carbons (Fsp3) is 0.300. The smallest absolute Gasteiger partial charge is 0.187 e. The van der Waals surface area contributed by atoms with Gasteiger partial charge in [-0.1, -0.05) is 62.2 Å².